The number of nitrogens with one attached hydrogen (secondary N) is 1. The summed E-state index contributed by atoms with van der Waals surface area (Å²) in [7, 11) is 2.36. The molecule has 2 rings (SSSR count). The lowest BCUT2D eigenvalue weighted by atomic mass is 9.69. The molecule has 0 aromatic rings. The van der Waals surface area contributed by atoms with E-state index in [9.17, 15) is 0 Å². The fourth-order valence-corrected chi connectivity index (χ4v) is 5.06. The van der Waals surface area contributed by atoms with E-state index in [-0.39, 0.29) is 0 Å². The lowest BCUT2D eigenvalue weighted by Gasteiger charge is -2.44. The van der Waals surface area contributed by atoms with Crippen LogP contribution in [-0.4, -0.2) is 49.1 Å². The molecular formula is C18H36N2S. The molecule has 3 unspecified atom stereocenters. The zero-order chi connectivity index (χ0) is 15.3. The fourth-order valence-electron chi connectivity index (χ4n) is 4.18. The third kappa shape index (κ3) is 5.44. The summed E-state index contributed by atoms with van der Waals surface area (Å²) in [6.45, 7) is 7.35. The number of thioether (sulfide) groups is 1. The fraction of sp³-hybridized carbons (Fsp3) is 1.00. The average Bonchev–Trinajstić information content (AvgIpc) is 3.26. The first-order valence-corrected chi connectivity index (χ1v) is 10.4. The van der Waals surface area contributed by atoms with Gasteiger partial charge in [-0.15, -0.1) is 0 Å². The highest BCUT2D eigenvalue weighted by molar-refractivity contribution is 7.98. The largest absolute Gasteiger partial charge is 0.313 e. The Hall–Kier alpha value is 0.270. The van der Waals surface area contributed by atoms with Crippen LogP contribution in [0.3, 0.4) is 0 Å². The van der Waals surface area contributed by atoms with Gasteiger partial charge in [-0.25, -0.2) is 0 Å². The van der Waals surface area contributed by atoms with Crippen molar-refractivity contribution < 1.29 is 0 Å². The third-order valence-electron chi connectivity index (χ3n) is 5.57. The lowest BCUT2D eigenvalue weighted by molar-refractivity contribution is 0.0756. The van der Waals surface area contributed by atoms with Crippen LogP contribution in [0, 0.1) is 11.3 Å². The molecule has 0 radical (unpaired) electrons. The first-order chi connectivity index (χ1) is 10.1. The molecule has 2 aliphatic rings. The topological polar surface area (TPSA) is 15.3 Å². The predicted molar refractivity (Wildman–Crippen MR) is 96.2 cm³/mol. The molecule has 0 aromatic heterocycles. The molecule has 124 valence electrons. The Balaban J connectivity index is 1.96. The van der Waals surface area contributed by atoms with Gasteiger partial charge in [-0.1, -0.05) is 26.7 Å². The van der Waals surface area contributed by atoms with Crippen LogP contribution in [0.2, 0.25) is 0 Å². The van der Waals surface area contributed by atoms with E-state index in [0.29, 0.717) is 5.41 Å². The van der Waals surface area contributed by atoms with E-state index >= 15 is 0 Å². The Labute approximate surface area is 136 Å². The SMILES string of the molecule is CCC(CSC)N(C)CC1(CNC2CC2)CCCC(C)C1. The van der Waals surface area contributed by atoms with Crippen molar-refractivity contribution in [3.8, 4) is 0 Å². The molecule has 1 N–H and O–H groups in total. The minimum Gasteiger partial charge on any atom is -0.313 e. The van der Waals surface area contributed by atoms with Gasteiger partial charge < -0.3 is 10.2 Å². The zero-order valence-corrected chi connectivity index (χ0v) is 15.5. The van der Waals surface area contributed by atoms with Gasteiger partial charge in [0.25, 0.3) is 0 Å². The standard InChI is InChI=1S/C18H36N2S/c1-5-17(12-21-4)20(3)14-18(13-19-16-8-9-16)10-6-7-15(2)11-18/h15-17,19H,5-14H2,1-4H3. The van der Waals surface area contributed by atoms with Crippen molar-refractivity contribution in [3.63, 3.8) is 0 Å². The second kappa shape index (κ2) is 8.21. The molecule has 2 aliphatic carbocycles. The van der Waals surface area contributed by atoms with Gasteiger partial charge in [0.15, 0.2) is 0 Å². The molecule has 0 spiro atoms. The first-order valence-electron chi connectivity index (χ1n) is 9.01. The molecule has 0 bridgehead atoms. The maximum absolute atomic E-state index is 3.85. The molecule has 21 heavy (non-hydrogen) atoms. The second-order valence-electron chi connectivity index (χ2n) is 7.79. The van der Waals surface area contributed by atoms with E-state index in [2.05, 4.69) is 37.4 Å². The predicted octanol–water partition coefficient (Wildman–Crippen LogP) is 4.01. The summed E-state index contributed by atoms with van der Waals surface area (Å²) in [5.41, 5.74) is 0.529. The van der Waals surface area contributed by atoms with Gasteiger partial charge in [0.1, 0.15) is 0 Å². The van der Waals surface area contributed by atoms with Gasteiger partial charge in [-0.2, -0.15) is 11.8 Å². The van der Waals surface area contributed by atoms with Gasteiger partial charge in [-0.05, 0) is 56.7 Å². The summed E-state index contributed by atoms with van der Waals surface area (Å²) in [5.74, 6) is 2.18. The Morgan fingerprint density at radius 2 is 2.10 bits per heavy atom. The molecule has 0 aliphatic heterocycles. The third-order valence-corrected chi connectivity index (χ3v) is 6.29. The van der Waals surface area contributed by atoms with Crippen molar-refractivity contribution >= 4 is 11.8 Å². The van der Waals surface area contributed by atoms with Crippen molar-refractivity contribution in [3.05, 3.63) is 0 Å². The van der Waals surface area contributed by atoms with Crippen LogP contribution in [0.5, 0.6) is 0 Å². The molecule has 0 amide bonds. The van der Waals surface area contributed by atoms with Gasteiger partial charge >= 0.3 is 0 Å². The van der Waals surface area contributed by atoms with Crippen LogP contribution in [0.4, 0.5) is 0 Å². The minimum absolute atomic E-state index is 0.529. The van der Waals surface area contributed by atoms with Crippen molar-refractivity contribution in [1.29, 1.82) is 0 Å². The molecule has 3 atom stereocenters. The molecule has 2 saturated carbocycles. The summed E-state index contributed by atoms with van der Waals surface area (Å²) in [4.78, 5) is 2.67. The number of hydrogen-bond acceptors (Lipinski definition) is 3. The molecule has 0 saturated heterocycles. The quantitative estimate of drug-likeness (QED) is 0.692. The van der Waals surface area contributed by atoms with Crippen molar-refractivity contribution in [1.82, 2.24) is 10.2 Å². The van der Waals surface area contributed by atoms with E-state index in [1.165, 1.54) is 63.8 Å². The zero-order valence-electron chi connectivity index (χ0n) is 14.7. The number of nitrogens with zero attached hydrogens (tertiary/aromatic N) is 1. The monoisotopic (exact) mass is 312 g/mol. The highest BCUT2D eigenvalue weighted by atomic mass is 32.2. The Morgan fingerprint density at radius 1 is 1.33 bits per heavy atom. The smallest absolute Gasteiger partial charge is 0.0180 e. The van der Waals surface area contributed by atoms with Crippen molar-refractivity contribution in [2.75, 3.05) is 32.1 Å². The normalized spacial score (nSPS) is 31.6. The lowest BCUT2D eigenvalue weighted by Crippen LogP contribution is -2.49. The molecular weight excluding hydrogens is 276 g/mol. The minimum atomic E-state index is 0.529. The Morgan fingerprint density at radius 3 is 2.67 bits per heavy atom. The molecule has 0 heterocycles. The van der Waals surface area contributed by atoms with Gasteiger partial charge in [-0.3, -0.25) is 0 Å². The first kappa shape index (κ1) is 17.6. The average molecular weight is 313 g/mol. The van der Waals surface area contributed by atoms with E-state index < -0.39 is 0 Å². The highest BCUT2D eigenvalue weighted by Gasteiger charge is 2.38. The van der Waals surface area contributed by atoms with Gasteiger partial charge in [0.05, 0.1) is 0 Å². The van der Waals surface area contributed by atoms with E-state index in [4.69, 9.17) is 0 Å². The summed E-state index contributed by atoms with van der Waals surface area (Å²) >= 11 is 2.00. The van der Waals surface area contributed by atoms with Gasteiger partial charge in [0, 0.05) is 30.9 Å². The van der Waals surface area contributed by atoms with E-state index in [1.807, 2.05) is 11.8 Å². The van der Waals surface area contributed by atoms with E-state index in [1.54, 1.807) is 0 Å². The van der Waals surface area contributed by atoms with Crippen LogP contribution >= 0.6 is 11.8 Å². The highest BCUT2D eigenvalue weighted by Crippen LogP contribution is 2.40. The number of hydrogen-bond donors (Lipinski definition) is 1. The summed E-state index contributed by atoms with van der Waals surface area (Å²) < 4.78 is 0. The Kier molecular flexibility index (Phi) is 6.89. The molecule has 2 fully saturated rings. The maximum Gasteiger partial charge on any atom is 0.0180 e. The van der Waals surface area contributed by atoms with Crippen LogP contribution in [0.25, 0.3) is 0 Å². The summed E-state index contributed by atoms with van der Waals surface area (Å²) in [6, 6.07) is 1.59. The van der Waals surface area contributed by atoms with Crippen LogP contribution < -0.4 is 5.32 Å². The molecule has 3 heteroatoms. The maximum atomic E-state index is 3.85. The van der Waals surface area contributed by atoms with Crippen LogP contribution in [0.15, 0.2) is 0 Å². The summed E-state index contributed by atoms with van der Waals surface area (Å²) in [5, 5.41) is 3.85. The Bertz CT molecular complexity index is 306. The van der Waals surface area contributed by atoms with Gasteiger partial charge in [0.2, 0.25) is 0 Å². The van der Waals surface area contributed by atoms with E-state index in [0.717, 1.165) is 18.0 Å². The number of rotatable bonds is 9. The van der Waals surface area contributed by atoms with Crippen molar-refractivity contribution in [2.45, 2.75) is 70.9 Å². The van der Waals surface area contributed by atoms with Crippen LogP contribution in [-0.2, 0) is 0 Å². The van der Waals surface area contributed by atoms with Crippen molar-refractivity contribution in [2.24, 2.45) is 11.3 Å². The molecule has 2 nitrogen and oxygen atoms in total. The van der Waals surface area contributed by atoms with Crippen LogP contribution in [0.1, 0.15) is 58.8 Å². The molecule has 0 aromatic carbocycles. The second-order valence-corrected chi connectivity index (χ2v) is 8.70. The summed E-state index contributed by atoms with van der Waals surface area (Å²) in [6.07, 6.45) is 12.1.